The van der Waals surface area contributed by atoms with Crippen molar-refractivity contribution in [3.05, 3.63) is 65.1 Å². The van der Waals surface area contributed by atoms with Gasteiger partial charge in [-0.05, 0) is 38.8 Å². The molecule has 98 valence electrons. The zero-order valence-electron chi connectivity index (χ0n) is 12.1. The zero-order chi connectivity index (χ0) is 13.6. The molecule has 3 rings (SSSR count). The van der Waals surface area contributed by atoms with Crippen molar-refractivity contribution in [2.45, 2.75) is 34.2 Å². The molecular weight excluding hydrogens is 232 g/mol. The van der Waals surface area contributed by atoms with E-state index < -0.39 is 0 Å². The highest BCUT2D eigenvalue weighted by atomic mass is 15.3. The molecule has 0 bridgehead atoms. The standard InChI is InChI=1S/C17H20N2/c1-12-8-13(2)17(14(3)9-12)18-10-16-7-5-6-15(4)19(16)11-18/h5-9,11H,10H2,1-4H3. The van der Waals surface area contributed by atoms with Gasteiger partial charge in [0.25, 0.3) is 0 Å². The van der Waals surface area contributed by atoms with Crippen LogP contribution in [0.3, 0.4) is 0 Å². The van der Waals surface area contributed by atoms with E-state index in [0.29, 0.717) is 0 Å². The summed E-state index contributed by atoms with van der Waals surface area (Å²) in [6.45, 7) is 11.9. The number of nitrogens with zero attached hydrogens (tertiary/aromatic N) is 2. The van der Waals surface area contributed by atoms with E-state index in [4.69, 9.17) is 0 Å². The minimum absolute atomic E-state index is 0.951. The Morgan fingerprint density at radius 1 is 1.05 bits per heavy atom. The summed E-state index contributed by atoms with van der Waals surface area (Å²) in [5.41, 5.74) is 7.99. The molecule has 0 N–H and O–H groups in total. The van der Waals surface area contributed by atoms with E-state index in [0.717, 1.165) is 6.54 Å². The van der Waals surface area contributed by atoms with E-state index in [2.05, 4.69) is 74.2 Å². The number of fused-ring (bicyclic) bond motifs is 1. The second-order valence-corrected chi connectivity index (χ2v) is 5.52. The molecule has 0 aliphatic carbocycles. The number of benzene rings is 1. The molecule has 0 amide bonds. The molecule has 2 nitrogen and oxygen atoms in total. The monoisotopic (exact) mass is 252 g/mol. The van der Waals surface area contributed by atoms with Crippen LogP contribution in [0.2, 0.25) is 0 Å². The molecule has 0 spiro atoms. The molecular formula is C17H20N2. The number of hydrogen-bond acceptors (Lipinski definition) is 1. The summed E-state index contributed by atoms with van der Waals surface area (Å²) in [5.74, 6) is 0. The highest BCUT2D eigenvalue weighted by Crippen LogP contribution is 2.29. The van der Waals surface area contributed by atoms with Gasteiger partial charge in [0.05, 0.1) is 12.2 Å². The number of pyridine rings is 1. The number of rotatable bonds is 1. The minimum Gasteiger partial charge on any atom is -0.348 e. The molecule has 0 saturated heterocycles. The highest BCUT2D eigenvalue weighted by molar-refractivity contribution is 5.61. The van der Waals surface area contributed by atoms with Crippen molar-refractivity contribution in [1.29, 1.82) is 0 Å². The molecule has 0 atom stereocenters. The van der Waals surface area contributed by atoms with Crippen molar-refractivity contribution in [3.63, 3.8) is 0 Å². The fourth-order valence-corrected chi connectivity index (χ4v) is 3.10. The smallest absolute Gasteiger partial charge is 0.144 e. The molecule has 19 heavy (non-hydrogen) atoms. The summed E-state index contributed by atoms with van der Waals surface area (Å²) < 4.78 is 2.28. The van der Waals surface area contributed by atoms with Crippen LogP contribution in [-0.2, 0) is 6.54 Å². The fourth-order valence-electron chi connectivity index (χ4n) is 3.10. The topological polar surface area (TPSA) is 7.12 Å². The average Bonchev–Trinajstić information content (AvgIpc) is 2.72. The first-order valence-electron chi connectivity index (χ1n) is 6.76. The van der Waals surface area contributed by atoms with Crippen LogP contribution in [0.25, 0.3) is 0 Å². The minimum atomic E-state index is 0.951. The van der Waals surface area contributed by atoms with Gasteiger partial charge in [-0.1, -0.05) is 35.9 Å². The molecule has 0 saturated carbocycles. The van der Waals surface area contributed by atoms with Gasteiger partial charge in [-0.15, -0.1) is 0 Å². The normalized spacial score (nSPS) is 13.4. The summed E-state index contributed by atoms with van der Waals surface area (Å²) in [6, 6.07) is 11.0. The van der Waals surface area contributed by atoms with Crippen LogP contribution >= 0.6 is 0 Å². The van der Waals surface area contributed by atoms with E-state index >= 15 is 0 Å². The Balaban J connectivity index is 2.02. The van der Waals surface area contributed by atoms with Crippen LogP contribution in [-0.4, -0.2) is 0 Å². The zero-order valence-corrected chi connectivity index (χ0v) is 12.1. The fraction of sp³-hybridized carbons (Fsp3) is 0.294. The van der Waals surface area contributed by atoms with Crippen LogP contribution in [0.1, 0.15) is 28.1 Å². The molecule has 1 aromatic heterocycles. The highest BCUT2D eigenvalue weighted by Gasteiger charge is 2.23. The predicted octanol–water partition coefficient (Wildman–Crippen LogP) is 3.20. The lowest BCUT2D eigenvalue weighted by atomic mass is 10.0. The Kier molecular flexibility index (Phi) is 2.74. The molecule has 1 aliphatic rings. The van der Waals surface area contributed by atoms with Gasteiger partial charge in [0.1, 0.15) is 12.4 Å². The maximum atomic E-state index is 2.35. The van der Waals surface area contributed by atoms with E-state index in [-0.39, 0.29) is 0 Å². The number of hydrogen-bond donors (Lipinski definition) is 0. The van der Waals surface area contributed by atoms with Crippen molar-refractivity contribution in [2.24, 2.45) is 0 Å². The van der Waals surface area contributed by atoms with Crippen LogP contribution in [0.5, 0.6) is 0 Å². The van der Waals surface area contributed by atoms with Gasteiger partial charge >= 0.3 is 0 Å². The molecule has 2 heterocycles. The second-order valence-electron chi connectivity index (χ2n) is 5.52. The Morgan fingerprint density at radius 2 is 1.74 bits per heavy atom. The van der Waals surface area contributed by atoms with Crippen LogP contribution < -0.4 is 9.47 Å². The largest absolute Gasteiger partial charge is 0.348 e. The summed E-state index contributed by atoms with van der Waals surface area (Å²) >= 11 is 0. The summed E-state index contributed by atoms with van der Waals surface area (Å²) in [5, 5.41) is 0. The van der Waals surface area contributed by atoms with Crippen LogP contribution in [0.15, 0.2) is 30.3 Å². The first-order valence-corrected chi connectivity index (χ1v) is 6.76. The maximum absolute atomic E-state index is 2.35. The first kappa shape index (κ1) is 12.1. The van der Waals surface area contributed by atoms with Crippen LogP contribution in [0.4, 0.5) is 5.69 Å². The van der Waals surface area contributed by atoms with E-state index in [1.54, 1.807) is 0 Å². The molecule has 1 aromatic carbocycles. The van der Waals surface area contributed by atoms with E-state index in [9.17, 15) is 0 Å². The summed E-state index contributed by atoms with van der Waals surface area (Å²) in [6.07, 6.45) is 0. The van der Waals surface area contributed by atoms with Crippen molar-refractivity contribution >= 4 is 5.69 Å². The third-order valence-electron chi connectivity index (χ3n) is 3.83. The second kappa shape index (κ2) is 4.30. The van der Waals surface area contributed by atoms with E-state index in [1.807, 2.05) is 0 Å². The van der Waals surface area contributed by atoms with Crippen molar-refractivity contribution in [2.75, 3.05) is 4.90 Å². The van der Waals surface area contributed by atoms with Gasteiger partial charge in [-0.2, -0.15) is 0 Å². The van der Waals surface area contributed by atoms with Gasteiger partial charge in [0, 0.05) is 5.69 Å². The van der Waals surface area contributed by atoms with Crippen LogP contribution in [0, 0.1) is 34.4 Å². The Bertz CT molecular complexity index is 621. The molecule has 0 radical (unpaired) electrons. The third-order valence-corrected chi connectivity index (χ3v) is 3.83. The van der Waals surface area contributed by atoms with Gasteiger partial charge in [0.15, 0.2) is 0 Å². The maximum Gasteiger partial charge on any atom is 0.144 e. The quantitative estimate of drug-likeness (QED) is 0.558. The van der Waals surface area contributed by atoms with Crippen molar-refractivity contribution in [3.8, 4) is 0 Å². The lowest BCUT2D eigenvalue weighted by Crippen LogP contribution is -2.37. The van der Waals surface area contributed by atoms with Gasteiger partial charge in [0.2, 0.25) is 0 Å². The Morgan fingerprint density at radius 3 is 2.37 bits per heavy atom. The number of aromatic nitrogens is 1. The Labute approximate surface area is 115 Å². The summed E-state index contributed by atoms with van der Waals surface area (Å²) in [4.78, 5) is 2.35. The molecule has 2 heteroatoms. The number of aryl methyl sites for hydroxylation is 4. The molecule has 1 aliphatic heterocycles. The number of anilines is 1. The molecule has 0 unspecified atom stereocenters. The van der Waals surface area contributed by atoms with Crippen molar-refractivity contribution in [1.82, 2.24) is 0 Å². The van der Waals surface area contributed by atoms with Gasteiger partial charge < -0.3 is 9.47 Å². The lowest BCUT2D eigenvalue weighted by molar-refractivity contribution is -0.636. The average molecular weight is 252 g/mol. The Hall–Kier alpha value is -1.96. The SMILES string of the molecule is Cc1cc(C)c(N2[CH-][n+]3c(C)cccc3C2)c(C)c1. The first-order chi connectivity index (χ1) is 9.06. The van der Waals surface area contributed by atoms with E-state index in [1.165, 1.54) is 33.8 Å². The van der Waals surface area contributed by atoms with Gasteiger partial charge in [-0.3, -0.25) is 0 Å². The van der Waals surface area contributed by atoms with Gasteiger partial charge in [-0.25, -0.2) is 0 Å². The lowest BCUT2D eigenvalue weighted by Gasteiger charge is -2.22. The van der Waals surface area contributed by atoms with Crippen molar-refractivity contribution < 1.29 is 4.57 Å². The molecule has 2 aromatic rings. The molecule has 0 fully saturated rings. The summed E-state index contributed by atoms with van der Waals surface area (Å²) in [7, 11) is 0. The predicted molar refractivity (Wildman–Crippen MR) is 77.9 cm³/mol. The third kappa shape index (κ3) is 1.97.